The van der Waals surface area contributed by atoms with Gasteiger partial charge in [-0.1, -0.05) is 59.9 Å². The summed E-state index contributed by atoms with van der Waals surface area (Å²) in [7, 11) is 0. The van der Waals surface area contributed by atoms with Crippen molar-refractivity contribution in [2.45, 2.75) is 0 Å². The molecule has 1 aromatic heterocycles. The minimum Gasteiger partial charge on any atom is -0.256 e. The van der Waals surface area contributed by atoms with E-state index >= 15 is 0 Å². The molecule has 94 valence electrons. The van der Waals surface area contributed by atoms with Crippen molar-refractivity contribution in [3.05, 3.63) is 62.1 Å². The molecule has 0 saturated carbocycles. The molecule has 19 heavy (non-hydrogen) atoms. The van der Waals surface area contributed by atoms with E-state index in [0.717, 1.165) is 35.4 Å². The van der Waals surface area contributed by atoms with E-state index in [1.54, 1.807) is 0 Å². The quantitative estimate of drug-likeness (QED) is 0.438. The van der Waals surface area contributed by atoms with Crippen LogP contribution < -0.4 is 0 Å². The maximum absolute atomic E-state index is 4.54. The van der Waals surface area contributed by atoms with Crippen molar-refractivity contribution < 1.29 is 0 Å². The number of fused-ring (bicyclic) bond motifs is 1. The average Bonchev–Trinajstić information content (AvgIpc) is 2.38. The van der Waals surface area contributed by atoms with Crippen molar-refractivity contribution in [3.63, 3.8) is 0 Å². The molecule has 0 aliphatic heterocycles. The number of hydrogen-bond donors (Lipinski definition) is 0. The van der Waals surface area contributed by atoms with Crippen LogP contribution in [0.1, 0.15) is 0 Å². The molecule has 0 aliphatic carbocycles. The Morgan fingerprint density at radius 2 is 1.63 bits per heavy atom. The van der Waals surface area contributed by atoms with Gasteiger partial charge in [-0.05, 0) is 35.7 Å². The highest BCUT2D eigenvalue weighted by molar-refractivity contribution is 9.11. The molecular weight excluding hydrogens is 434 g/mol. The number of nitrogens with zero attached hydrogens (tertiary/aromatic N) is 1. The summed E-state index contributed by atoms with van der Waals surface area (Å²) < 4.78 is 3.16. The highest BCUT2D eigenvalue weighted by Gasteiger charge is 2.08. The summed E-state index contributed by atoms with van der Waals surface area (Å²) in [5.41, 5.74) is 2.09. The van der Waals surface area contributed by atoms with Crippen LogP contribution in [-0.4, -0.2) is 4.98 Å². The molecule has 0 atom stereocenters. The molecule has 0 spiro atoms. The summed E-state index contributed by atoms with van der Waals surface area (Å²) in [5.74, 6) is 0. The first-order valence-electron chi connectivity index (χ1n) is 5.65. The summed E-state index contributed by atoms with van der Waals surface area (Å²) in [6.45, 7) is 0. The molecule has 0 aliphatic rings. The van der Waals surface area contributed by atoms with Crippen LogP contribution in [0.5, 0.6) is 0 Å². The van der Waals surface area contributed by atoms with Crippen LogP contribution in [0.15, 0.2) is 62.1 Å². The van der Waals surface area contributed by atoms with Crippen molar-refractivity contribution in [2.24, 2.45) is 0 Å². The fourth-order valence-corrected chi connectivity index (χ4v) is 3.83. The summed E-state index contributed by atoms with van der Waals surface area (Å²) in [5, 5.41) is 2.29. The van der Waals surface area contributed by atoms with Crippen LogP contribution in [-0.2, 0) is 0 Å². The molecule has 3 aromatic rings. The SMILES string of the molecule is Brc1cccc(-c2nccc3c(Br)cc(Br)cc23)c1. The Kier molecular flexibility index (Phi) is 3.74. The van der Waals surface area contributed by atoms with Crippen LogP contribution in [0.4, 0.5) is 0 Å². The third-order valence-corrected chi connectivity index (χ3v) is 4.50. The second-order valence-corrected chi connectivity index (χ2v) is 6.84. The van der Waals surface area contributed by atoms with Crippen LogP contribution in [0, 0.1) is 0 Å². The van der Waals surface area contributed by atoms with E-state index in [2.05, 4.69) is 71.0 Å². The predicted molar refractivity (Wildman–Crippen MR) is 90.3 cm³/mol. The number of halogens is 3. The van der Waals surface area contributed by atoms with Gasteiger partial charge in [0, 0.05) is 30.6 Å². The van der Waals surface area contributed by atoms with Gasteiger partial charge in [-0.25, -0.2) is 0 Å². The van der Waals surface area contributed by atoms with Gasteiger partial charge in [0.05, 0.1) is 5.69 Å². The summed E-state index contributed by atoms with van der Waals surface area (Å²) >= 11 is 10.6. The van der Waals surface area contributed by atoms with Gasteiger partial charge in [-0.15, -0.1) is 0 Å². The van der Waals surface area contributed by atoms with Crippen molar-refractivity contribution in [1.29, 1.82) is 0 Å². The van der Waals surface area contributed by atoms with Crippen molar-refractivity contribution in [1.82, 2.24) is 4.98 Å². The molecule has 4 heteroatoms. The summed E-state index contributed by atoms with van der Waals surface area (Å²) in [6.07, 6.45) is 1.84. The van der Waals surface area contributed by atoms with Gasteiger partial charge in [0.25, 0.3) is 0 Å². The van der Waals surface area contributed by atoms with Gasteiger partial charge in [0.2, 0.25) is 0 Å². The highest BCUT2D eigenvalue weighted by atomic mass is 79.9. The maximum atomic E-state index is 4.54. The van der Waals surface area contributed by atoms with Crippen LogP contribution in [0.3, 0.4) is 0 Å². The molecule has 0 fully saturated rings. The standard InChI is InChI=1S/C15H8Br3N/c16-10-3-1-2-9(6-10)15-13-7-11(17)8-14(18)12(13)4-5-19-15/h1-8H. The summed E-state index contributed by atoms with van der Waals surface area (Å²) in [4.78, 5) is 4.54. The number of aromatic nitrogens is 1. The second-order valence-electron chi connectivity index (χ2n) is 4.15. The average molecular weight is 442 g/mol. The lowest BCUT2D eigenvalue weighted by Gasteiger charge is -2.08. The Morgan fingerprint density at radius 1 is 0.789 bits per heavy atom. The predicted octanol–water partition coefficient (Wildman–Crippen LogP) is 6.19. The number of rotatable bonds is 1. The smallest absolute Gasteiger partial charge is 0.0781 e. The van der Waals surface area contributed by atoms with Crippen molar-refractivity contribution >= 4 is 58.6 Å². The van der Waals surface area contributed by atoms with Gasteiger partial charge >= 0.3 is 0 Å². The topological polar surface area (TPSA) is 12.9 Å². The molecule has 0 saturated heterocycles. The Hall–Kier alpha value is -0.710. The lowest BCUT2D eigenvalue weighted by atomic mass is 10.0. The van der Waals surface area contributed by atoms with E-state index < -0.39 is 0 Å². The van der Waals surface area contributed by atoms with Crippen LogP contribution >= 0.6 is 47.8 Å². The van der Waals surface area contributed by atoms with Crippen LogP contribution in [0.2, 0.25) is 0 Å². The minimum atomic E-state index is 0.987. The maximum Gasteiger partial charge on any atom is 0.0781 e. The van der Waals surface area contributed by atoms with Gasteiger partial charge < -0.3 is 0 Å². The zero-order chi connectivity index (χ0) is 13.4. The molecule has 2 aromatic carbocycles. The number of benzene rings is 2. The van der Waals surface area contributed by atoms with E-state index in [1.165, 1.54) is 0 Å². The molecule has 0 N–H and O–H groups in total. The Balaban J connectivity index is 2.36. The first-order chi connectivity index (χ1) is 9.15. The molecular formula is C15H8Br3N. The monoisotopic (exact) mass is 439 g/mol. The van der Waals surface area contributed by atoms with E-state index in [4.69, 9.17) is 0 Å². The largest absolute Gasteiger partial charge is 0.256 e. The molecule has 0 bridgehead atoms. The zero-order valence-electron chi connectivity index (χ0n) is 9.70. The van der Waals surface area contributed by atoms with E-state index in [-0.39, 0.29) is 0 Å². The third kappa shape index (κ3) is 2.62. The molecule has 0 unspecified atom stereocenters. The Labute approximate surface area is 136 Å². The number of pyridine rings is 1. The lowest BCUT2D eigenvalue weighted by Crippen LogP contribution is -1.87. The van der Waals surface area contributed by atoms with Gasteiger partial charge in [0.1, 0.15) is 0 Å². The fraction of sp³-hybridized carbons (Fsp3) is 0. The van der Waals surface area contributed by atoms with Crippen LogP contribution in [0.25, 0.3) is 22.0 Å². The zero-order valence-corrected chi connectivity index (χ0v) is 14.5. The number of hydrogen-bond acceptors (Lipinski definition) is 1. The van der Waals surface area contributed by atoms with E-state index in [9.17, 15) is 0 Å². The molecule has 0 radical (unpaired) electrons. The molecule has 0 amide bonds. The first-order valence-corrected chi connectivity index (χ1v) is 8.03. The molecule has 3 rings (SSSR count). The third-order valence-electron chi connectivity index (χ3n) is 2.89. The molecule has 1 heterocycles. The first kappa shape index (κ1) is 13.3. The van der Waals surface area contributed by atoms with Crippen molar-refractivity contribution in [2.75, 3.05) is 0 Å². The van der Waals surface area contributed by atoms with Crippen molar-refractivity contribution in [3.8, 4) is 11.3 Å². The minimum absolute atomic E-state index is 0.987. The van der Waals surface area contributed by atoms with Gasteiger partial charge in [0.15, 0.2) is 0 Å². The van der Waals surface area contributed by atoms with Gasteiger partial charge in [-0.3, -0.25) is 4.98 Å². The summed E-state index contributed by atoms with van der Waals surface area (Å²) in [6, 6.07) is 14.4. The Morgan fingerprint density at radius 3 is 2.42 bits per heavy atom. The fourth-order valence-electron chi connectivity index (χ4n) is 2.07. The van der Waals surface area contributed by atoms with Gasteiger partial charge in [-0.2, -0.15) is 0 Å². The molecule has 1 nitrogen and oxygen atoms in total. The second kappa shape index (κ2) is 5.35. The lowest BCUT2D eigenvalue weighted by molar-refractivity contribution is 1.35. The van der Waals surface area contributed by atoms with E-state index in [0.29, 0.717) is 0 Å². The normalized spacial score (nSPS) is 10.9. The Bertz CT molecular complexity index is 768. The van der Waals surface area contributed by atoms with E-state index in [1.807, 2.05) is 30.5 Å². The highest BCUT2D eigenvalue weighted by Crippen LogP contribution is 2.34.